The molecule has 0 spiro atoms. The number of Topliss-reactive ketones (excluding diaryl/α,β-unsaturated/α-hetero) is 4. The number of nitrogens with two attached hydrogens (primary N) is 1. The molecule has 5 heterocycles. The molecule has 5 aliphatic carbocycles. The number of allylic oxidation sites excluding steroid dienone is 3. The van der Waals surface area contributed by atoms with E-state index in [0.29, 0.717) is 104 Å². The van der Waals surface area contributed by atoms with Crippen LogP contribution in [-0.2, 0) is 52.5 Å². The largest absolute Gasteiger partial charge is 0.478 e. The summed E-state index contributed by atoms with van der Waals surface area (Å²) in [4.78, 5) is 125. The number of carbonyl (C=O) groups is 10. The van der Waals surface area contributed by atoms with Crippen LogP contribution in [0, 0.1) is 29.6 Å². The third kappa shape index (κ3) is 34.3. The lowest BCUT2D eigenvalue weighted by Crippen LogP contribution is -2.51. The first kappa shape index (κ1) is 126. The van der Waals surface area contributed by atoms with Gasteiger partial charge in [-0.2, -0.15) is 0 Å². The zero-order chi connectivity index (χ0) is 108. The maximum Gasteiger partial charge on any atom is 0.331 e. The van der Waals surface area contributed by atoms with Crippen LogP contribution < -0.4 is 51.5 Å². The fourth-order valence-electron chi connectivity index (χ4n) is 21.4. The summed E-state index contributed by atoms with van der Waals surface area (Å²) >= 11 is 0. The highest BCUT2D eigenvalue weighted by Gasteiger charge is 2.45. The van der Waals surface area contributed by atoms with Crippen LogP contribution in [0.15, 0.2) is 144 Å². The Labute approximate surface area is 861 Å². The van der Waals surface area contributed by atoms with E-state index in [1.807, 2.05) is 173 Å². The number of amides is 5. The molecule has 10 aliphatic rings. The topological polar surface area (TPSA) is 339 Å². The molecule has 5 amide bonds. The number of benzene rings is 5. The summed E-state index contributed by atoms with van der Waals surface area (Å²) in [5.74, 6) is 2.15. The average Bonchev–Trinajstić information content (AvgIpc) is 0.769. The Bertz CT molecular complexity index is 4850. The van der Waals surface area contributed by atoms with Gasteiger partial charge in [-0.05, 0) is 279 Å². The summed E-state index contributed by atoms with van der Waals surface area (Å²) in [6.07, 6.45) is 17.0. The van der Waals surface area contributed by atoms with Crippen molar-refractivity contribution in [2.45, 2.75) is 439 Å². The summed E-state index contributed by atoms with van der Waals surface area (Å²) in [5, 5.41) is 43.1. The van der Waals surface area contributed by atoms with Gasteiger partial charge in [0.2, 0.25) is 29.5 Å². The highest BCUT2D eigenvalue weighted by molar-refractivity contribution is 7.64. The van der Waals surface area contributed by atoms with Gasteiger partial charge in [-0.1, -0.05) is 206 Å². The number of nitrogens with one attached hydrogen (secondary N) is 4. The number of hydrogen-bond donors (Lipinski definition) is 8. The molecule has 5 aliphatic heterocycles. The molecular weight excluding hydrogens is 1810 g/mol. The number of para-hydroxylation sites is 5. The smallest absolute Gasteiger partial charge is 0.331 e. The van der Waals surface area contributed by atoms with Gasteiger partial charge in [0.15, 0.2) is 5.78 Å². The van der Waals surface area contributed by atoms with Crippen LogP contribution in [0.4, 0.5) is 28.4 Å². The Morgan fingerprint density at radius 3 is 0.776 bits per heavy atom. The number of carbonyl (C=O) groups excluding carboxylic acids is 9. The zero-order valence-electron chi connectivity index (χ0n) is 93.5. The summed E-state index contributed by atoms with van der Waals surface area (Å²) < 4.78 is 11.1. The van der Waals surface area contributed by atoms with Gasteiger partial charge in [0.25, 0.3) is 0 Å². The number of fused-ring (bicyclic) bond motifs is 5. The molecule has 16 unspecified atom stereocenters. The minimum absolute atomic E-state index is 0.0156. The summed E-state index contributed by atoms with van der Waals surface area (Å²) in [6, 6.07) is 44.2. The van der Waals surface area contributed by atoms with Crippen LogP contribution in [0.3, 0.4) is 0 Å². The Balaban J connectivity index is 0.000000352. The van der Waals surface area contributed by atoms with E-state index in [1.54, 1.807) is 68.7 Å². The average molecular weight is 2000 g/mol. The second kappa shape index (κ2) is 61.6. The standard InChI is InChI=1S/C23H32N2O2.C22H30N2O3.C19H28N2O2.C19H26N2O2.C13H18N2O.C6H13O2P.C6H10O2.5C2H6/c1-14-16(3)25(18(5)27)22-9-7-6-8-21(22)23(14)24-20-12-10-19(11-13-20)15(2)17(4)26;1-13-15(3)24(16(4)25)20-8-6-5-7-19(20)21(13)23-18-11-9-17(10-12-18)14(2)22(26)27;2*1-12-13(2)21(14(3)22)18-7-5-4-6-17(18)19(12)20-15-8-10-16(23)11-9-15;1-8-9(2)15(10(3)16)12-7-5-4-6-11(12)13(8)14;1-5(7)6(2)9(3,4)8;7-5-1-2-6(8)4-3-5;5*1-2/h6-9,14,16,20,23-24H,10-13H2,1-5H3;5-8,13,15,18,21,23H,9-12H2,1-4H3,(H,26,27);4-7,12-13,15-16,19-20,23H,8-11H2,1-3H3;4-7,12-13,15,19-20H,8-11H2,1-3H3;4-9,13H,14H2,1-3H3;6H,1-4H3;5,7H,1-4H2;5*1-2H3. The van der Waals surface area contributed by atoms with Crippen LogP contribution in [0.25, 0.3) is 0 Å². The normalized spacial score (nSPS) is 26.3. The lowest BCUT2D eigenvalue weighted by Gasteiger charge is -2.45. The molecule has 24 nitrogen and oxygen atoms in total. The monoisotopic (exact) mass is 2000 g/mol. The number of rotatable bonds is 12. The number of aliphatic hydroxyl groups is 2. The van der Waals surface area contributed by atoms with Crippen molar-refractivity contribution in [3.63, 3.8) is 0 Å². The van der Waals surface area contributed by atoms with E-state index < -0.39 is 13.1 Å². The summed E-state index contributed by atoms with van der Waals surface area (Å²) in [7, 11) is -2.16. The lowest BCUT2D eigenvalue weighted by atomic mass is 9.81. The fraction of sp³-hybridized carbons (Fsp3) is 0.627. The summed E-state index contributed by atoms with van der Waals surface area (Å²) in [6.45, 7) is 61.6. The van der Waals surface area contributed by atoms with Crippen LogP contribution in [0.5, 0.6) is 0 Å². The molecule has 0 bridgehead atoms. The Morgan fingerprint density at radius 1 is 0.329 bits per heavy atom. The lowest BCUT2D eigenvalue weighted by molar-refractivity contribution is -0.133. The highest BCUT2D eigenvalue weighted by atomic mass is 31.2. The number of aliphatic carboxylic acids is 1. The first-order chi connectivity index (χ1) is 67.8. The maximum absolute atomic E-state index is 12.2. The molecule has 5 aromatic rings. The number of anilines is 5. The molecule has 0 saturated heterocycles. The van der Waals surface area contributed by atoms with Gasteiger partial charge >= 0.3 is 5.97 Å². The van der Waals surface area contributed by atoms with Crippen LogP contribution in [-0.4, -0.2) is 160 Å². The van der Waals surface area contributed by atoms with Crippen molar-refractivity contribution in [2.75, 3.05) is 37.8 Å². The van der Waals surface area contributed by atoms with E-state index in [-0.39, 0.29) is 125 Å². The third-order valence-electron chi connectivity index (χ3n) is 30.9. The molecule has 798 valence electrons. The fourth-order valence-corrected chi connectivity index (χ4v) is 22.2. The van der Waals surface area contributed by atoms with E-state index in [2.05, 4.69) is 139 Å². The van der Waals surface area contributed by atoms with Crippen molar-refractivity contribution in [2.24, 2.45) is 35.3 Å². The van der Waals surface area contributed by atoms with E-state index >= 15 is 0 Å². The second-order valence-corrected chi connectivity index (χ2v) is 43.7. The van der Waals surface area contributed by atoms with Crippen molar-refractivity contribution in [3.05, 3.63) is 171 Å². The number of hydrogen-bond acceptors (Lipinski definition) is 18. The van der Waals surface area contributed by atoms with Crippen LogP contribution in [0.1, 0.15) is 394 Å². The van der Waals surface area contributed by atoms with E-state index in [1.165, 1.54) is 34.8 Å². The van der Waals surface area contributed by atoms with Gasteiger partial charge in [0, 0.05) is 179 Å². The predicted octanol–water partition coefficient (Wildman–Crippen LogP) is 24.1. The predicted molar refractivity (Wildman–Crippen MR) is 591 cm³/mol. The molecule has 15 rings (SSSR count). The SMILES string of the molecule is CC.CC.CC.CC.CC.CC(=O)C(C)=C1CCC(NC2c3ccccc3N(C(C)=O)C(C)C2C)CC1.CC(=O)C(C)P(C)(C)=O.CC(=O)N1c2ccccc2C(N)C(C)C1C.CC(=O)N1c2ccccc2C(NC2CCC(=C(C)C(=O)O)CC2)C(C)C1C.CC(=O)N1c2ccccc2C(NC2CCC(=O)CC2)C(C)C1C.CC(=O)N1c2ccccc2C(NC2CCC(O)CC2)C(C)C1C.O=C1CCC(O)CC1. The number of nitrogens with zero attached hydrogens (tertiary/aromatic N) is 5. The second-order valence-electron chi connectivity index (χ2n) is 40.0. The van der Waals surface area contributed by atoms with E-state index in [0.717, 1.165) is 135 Å². The van der Waals surface area contributed by atoms with Gasteiger partial charge in [0.05, 0.1) is 25.0 Å². The Hall–Kier alpha value is -8.97. The van der Waals surface area contributed by atoms with Crippen molar-refractivity contribution >= 4 is 94.2 Å². The molecule has 5 saturated carbocycles. The maximum atomic E-state index is 12.2. The zero-order valence-corrected chi connectivity index (χ0v) is 94.4. The van der Waals surface area contributed by atoms with Gasteiger partial charge in [-0.25, -0.2) is 4.79 Å². The molecule has 143 heavy (non-hydrogen) atoms. The molecule has 16 atom stereocenters. The minimum Gasteiger partial charge on any atom is -0.478 e. The first-order valence-corrected chi connectivity index (χ1v) is 56.7. The van der Waals surface area contributed by atoms with Gasteiger partial charge < -0.3 is 71.4 Å². The van der Waals surface area contributed by atoms with Crippen molar-refractivity contribution in [3.8, 4) is 0 Å². The van der Waals surface area contributed by atoms with Gasteiger partial charge in [0.1, 0.15) is 17.3 Å². The molecule has 5 aromatic carbocycles. The van der Waals surface area contributed by atoms with Crippen molar-refractivity contribution in [1.82, 2.24) is 21.3 Å². The highest BCUT2D eigenvalue weighted by Crippen LogP contribution is 2.48. The van der Waals surface area contributed by atoms with Crippen molar-refractivity contribution in [1.29, 1.82) is 0 Å². The summed E-state index contributed by atoms with van der Waals surface area (Å²) in [5.41, 5.74) is 20.8. The molecular formula is C118H187N10O14P. The molecule has 9 N–H and O–H groups in total. The Kier molecular flexibility index (Phi) is 54.4. The van der Waals surface area contributed by atoms with Crippen LogP contribution in [0.2, 0.25) is 0 Å². The van der Waals surface area contributed by atoms with E-state index in [9.17, 15) is 62.7 Å². The molecule has 25 heteroatoms. The molecule has 5 fully saturated rings. The quantitative estimate of drug-likeness (QED) is 0.0425. The third-order valence-corrected chi connectivity index (χ3v) is 33.1. The number of ketones is 4. The number of aliphatic hydroxyl groups excluding tert-OH is 2. The Morgan fingerprint density at radius 2 is 0.545 bits per heavy atom. The molecule has 0 radical (unpaired) electrons. The van der Waals surface area contributed by atoms with Gasteiger partial charge in [-0.15, -0.1) is 0 Å². The van der Waals surface area contributed by atoms with E-state index in [4.69, 9.17) is 10.8 Å². The number of carboxylic acid groups (broad SMARTS) is 1. The minimum atomic E-state index is -2.16. The van der Waals surface area contributed by atoms with Gasteiger partial charge in [-0.3, -0.25) is 43.2 Å². The molecule has 0 aromatic heterocycles. The first-order valence-electron chi connectivity index (χ1n) is 54.1. The number of carboxylic acids is 1. The van der Waals surface area contributed by atoms with Crippen LogP contribution >= 0.6 is 7.14 Å². The van der Waals surface area contributed by atoms with Crippen molar-refractivity contribution < 1.29 is 67.8 Å².